The maximum absolute atomic E-state index is 12.0. The molecule has 2 N–H and O–H groups in total. The first kappa shape index (κ1) is 16.5. The molecule has 0 aromatic heterocycles. The Morgan fingerprint density at radius 3 is 2.64 bits per heavy atom. The number of nitrogens with one attached hydrogen (secondary N) is 2. The van der Waals surface area contributed by atoms with E-state index in [1.807, 2.05) is 31.2 Å². The third kappa shape index (κ3) is 5.15. The van der Waals surface area contributed by atoms with Crippen molar-refractivity contribution in [1.29, 1.82) is 0 Å². The Balaban J connectivity index is 1.91. The summed E-state index contributed by atoms with van der Waals surface area (Å²) in [5, 5.41) is 6.11. The number of para-hydroxylation sites is 1. The summed E-state index contributed by atoms with van der Waals surface area (Å²) in [7, 11) is 0. The van der Waals surface area contributed by atoms with Gasteiger partial charge in [-0.15, -0.1) is 0 Å². The Bertz CT molecular complexity index is 526. The van der Waals surface area contributed by atoms with E-state index in [4.69, 9.17) is 0 Å². The van der Waals surface area contributed by atoms with Gasteiger partial charge in [-0.1, -0.05) is 18.2 Å². The van der Waals surface area contributed by atoms with E-state index >= 15 is 0 Å². The molecular weight excluding hydrogens is 278 g/mol. The number of hydrogen-bond donors (Lipinski definition) is 2. The fourth-order valence-corrected chi connectivity index (χ4v) is 2.34. The van der Waals surface area contributed by atoms with Crippen molar-refractivity contribution in [2.45, 2.75) is 33.2 Å². The average molecular weight is 303 g/mol. The number of rotatable bonds is 8. The normalized spacial score (nSPS) is 13.7. The molecule has 1 aromatic rings. The molecule has 1 saturated carbocycles. The summed E-state index contributed by atoms with van der Waals surface area (Å²) < 4.78 is 0. The molecule has 5 nitrogen and oxygen atoms in total. The van der Waals surface area contributed by atoms with Crippen LogP contribution < -0.4 is 10.6 Å². The van der Waals surface area contributed by atoms with E-state index in [0.717, 1.165) is 23.7 Å². The third-order valence-electron chi connectivity index (χ3n) is 3.90. The van der Waals surface area contributed by atoms with E-state index < -0.39 is 0 Å². The fourth-order valence-electron chi connectivity index (χ4n) is 2.34. The van der Waals surface area contributed by atoms with Crippen molar-refractivity contribution < 1.29 is 9.59 Å². The number of amides is 2. The molecule has 0 radical (unpaired) electrons. The molecule has 1 aliphatic rings. The molecule has 22 heavy (non-hydrogen) atoms. The monoisotopic (exact) mass is 303 g/mol. The van der Waals surface area contributed by atoms with Crippen LogP contribution in [0.3, 0.4) is 0 Å². The van der Waals surface area contributed by atoms with Crippen molar-refractivity contribution in [2.24, 2.45) is 5.92 Å². The van der Waals surface area contributed by atoms with Crippen LogP contribution >= 0.6 is 0 Å². The molecule has 0 spiro atoms. The summed E-state index contributed by atoms with van der Waals surface area (Å²) in [6, 6.07) is 7.63. The fraction of sp³-hybridized carbons (Fsp3) is 0.529. The Morgan fingerprint density at radius 1 is 1.27 bits per heavy atom. The molecule has 2 amide bonds. The Morgan fingerprint density at radius 2 is 2.00 bits per heavy atom. The van der Waals surface area contributed by atoms with Crippen LogP contribution in [0, 0.1) is 5.92 Å². The van der Waals surface area contributed by atoms with Gasteiger partial charge in [0.2, 0.25) is 11.8 Å². The highest BCUT2D eigenvalue weighted by Crippen LogP contribution is 2.27. The van der Waals surface area contributed by atoms with Gasteiger partial charge < -0.3 is 15.5 Å². The van der Waals surface area contributed by atoms with Crippen LogP contribution in [0.4, 0.5) is 5.69 Å². The molecule has 0 aliphatic heterocycles. The summed E-state index contributed by atoms with van der Waals surface area (Å²) in [6.07, 6.45) is 2.55. The molecule has 5 heteroatoms. The molecule has 1 aromatic carbocycles. The molecule has 120 valence electrons. The van der Waals surface area contributed by atoms with Crippen LogP contribution in [-0.2, 0) is 16.1 Å². The van der Waals surface area contributed by atoms with Crippen LogP contribution in [0.2, 0.25) is 0 Å². The minimum atomic E-state index is -0.0426. The first-order chi connectivity index (χ1) is 10.6. The number of anilines is 1. The smallest absolute Gasteiger partial charge is 0.238 e. The lowest BCUT2D eigenvalue weighted by Gasteiger charge is -2.21. The van der Waals surface area contributed by atoms with E-state index in [9.17, 15) is 9.59 Å². The van der Waals surface area contributed by atoms with Crippen molar-refractivity contribution in [2.75, 3.05) is 25.0 Å². The summed E-state index contributed by atoms with van der Waals surface area (Å²) in [5.41, 5.74) is 1.73. The standard InChI is InChI=1S/C17H25N3O2/c1-3-20(13(2)21)12-15-6-4-5-7-16(15)19-17(22)11-18-10-14-8-9-14/h4-7,14,18H,3,8-12H2,1-2H3,(H,19,22). The highest BCUT2D eigenvalue weighted by molar-refractivity contribution is 5.93. The highest BCUT2D eigenvalue weighted by Gasteiger charge is 2.20. The zero-order chi connectivity index (χ0) is 15.9. The number of hydrogen-bond acceptors (Lipinski definition) is 3. The number of carbonyl (C=O) groups excluding carboxylic acids is 2. The van der Waals surface area contributed by atoms with Gasteiger partial charge in [0.1, 0.15) is 0 Å². The molecule has 0 atom stereocenters. The summed E-state index contributed by atoms with van der Waals surface area (Å²) in [6.45, 7) is 5.92. The summed E-state index contributed by atoms with van der Waals surface area (Å²) in [5.74, 6) is 0.752. The lowest BCUT2D eigenvalue weighted by Crippen LogP contribution is -2.31. The van der Waals surface area contributed by atoms with Crippen LogP contribution in [-0.4, -0.2) is 36.3 Å². The predicted molar refractivity (Wildman–Crippen MR) is 87.4 cm³/mol. The quantitative estimate of drug-likeness (QED) is 0.772. The topological polar surface area (TPSA) is 61.4 Å². The lowest BCUT2D eigenvalue weighted by molar-refractivity contribution is -0.129. The Hall–Kier alpha value is -1.88. The lowest BCUT2D eigenvalue weighted by atomic mass is 10.1. The van der Waals surface area contributed by atoms with Crippen molar-refractivity contribution in [3.63, 3.8) is 0 Å². The highest BCUT2D eigenvalue weighted by atomic mass is 16.2. The minimum absolute atomic E-state index is 0.0368. The van der Waals surface area contributed by atoms with Crippen LogP contribution in [0.5, 0.6) is 0 Å². The van der Waals surface area contributed by atoms with Gasteiger partial charge in [-0.05, 0) is 43.9 Å². The van der Waals surface area contributed by atoms with E-state index in [0.29, 0.717) is 19.6 Å². The second kappa shape index (κ2) is 7.94. The van der Waals surface area contributed by atoms with Crippen molar-refractivity contribution in [3.8, 4) is 0 Å². The molecule has 0 heterocycles. The van der Waals surface area contributed by atoms with Crippen molar-refractivity contribution in [3.05, 3.63) is 29.8 Å². The first-order valence-corrected chi connectivity index (χ1v) is 7.94. The second-order valence-electron chi connectivity index (χ2n) is 5.81. The van der Waals surface area contributed by atoms with Crippen molar-refractivity contribution >= 4 is 17.5 Å². The maximum atomic E-state index is 12.0. The van der Waals surface area contributed by atoms with Gasteiger partial charge in [-0.3, -0.25) is 9.59 Å². The zero-order valence-electron chi connectivity index (χ0n) is 13.4. The number of benzene rings is 1. The molecule has 0 saturated heterocycles. The van der Waals surface area contributed by atoms with Crippen LogP contribution in [0.1, 0.15) is 32.3 Å². The number of nitrogens with zero attached hydrogens (tertiary/aromatic N) is 1. The minimum Gasteiger partial charge on any atom is -0.339 e. The SMILES string of the molecule is CCN(Cc1ccccc1NC(=O)CNCC1CC1)C(C)=O. The zero-order valence-corrected chi connectivity index (χ0v) is 13.4. The second-order valence-corrected chi connectivity index (χ2v) is 5.81. The van der Waals surface area contributed by atoms with E-state index in [1.54, 1.807) is 11.8 Å². The molecular formula is C17H25N3O2. The Labute approximate surface area is 132 Å². The van der Waals surface area contributed by atoms with Gasteiger partial charge in [-0.2, -0.15) is 0 Å². The van der Waals surface area contributed by atoms with Crippen molar-refractivity contribution in [1.82, 2.24) is 10.2 Å². The summed E-state index contributed by atoms with van der Waals surface area (Å²) >= 11 is 0. The Kier molecular flexibility index (Phi) is 5.95. The number of carbonyl (C=O) groups is 2. The van der Waals surface area contributed by atoms with Gasteiger partial charge in [0.05, 0.1) is 6.54 Å². The van der Waals surface area contributed by atoms with Crippen LogP contribution in [0.15, 0.2) is 24.3 Å². The summed E-state index contributed by atoms with van der Waals surface area (Å²) in [4.78, 5) is 25.3. The predicted octanol–water partition coefficient (Wildman–Crippen LogP) is 1.99. The largest absolute Gasteiger partial charge is 0.339 e. The first-order valence-electron chi connectivity index (χ1n) is 7.94. The van der Waals surface area contributed by atoms with Gasteiger partial charge in [0.15, 0.2) is 0 Å². The van der Waals surface area contributed by atoms with Gasteiger partial charge in [0.25, 0.3) is 0 Å². The molecule has 0 unspecified atom stereocenters. The average Bonchev–Trinajstić information content (AvgIpc) is 3.30. The third-order valence-corrected chi connectivity index (χ3v) is 3.90. The molecule has 1 aliphatic carbocycles. The maximum Gasteiger partial charge on any atom is 0.238 e. The molecule has 0 bridgehead atoms. The van der Waals surface area contributed by atoms with Gasteiger partial charge >= 0.3 is 0 Å². The van der Waals surface area contributed by atoms with Gasteiger partial charge in [-0.25, -0.2) is 0 Å². The van der Waals surface area contributed by atoms with Gasteiger partial charge in [0, 0.05) is 25.7 Å². The van der Waals surface area contributed by atoms with E-state index in [1.165, 1.54) is 12.8 Å². The van der Waals surface area contributed by atoms with E-state index in [-0.39, 0.29) is 11.8 Å². The molecule has 2 rings (SSSR count). The van der Waals surface area contributed by atoms with Crippen LogP contribution in [0.25, 0.3) is 0 Å². The molecule has 1 fully saturated rings. The van der Waals surface area contributed by atoms with E-state index in [2.05, 4.69) is 10.6 Å².